The number of hydrogen-bond acceptors (Lipinski definition) is 5. The van der Waals surface area contributed by atoms with Gasteiger partial charge in [-0.1, -0.05) is 26.0 Å². The Bertz CT molecular complexity index is 870. The molecule has 0 radical (unpaired) electrons. The van der Waals surface area contributed by atoms with E-state index in [4.69, 9.17) is 14.7 Å². The summed E-state index contributed by atoms with van der Waals surface area (Å²) in [5, 5.41) is 8.74. The highest BCUT2D eigenvalue weighted by Crippen LogP contribution is 2.27. The van der Waals surface area contributed by atoms with Crippen molar-refractivity contribution in [3.05, 3.63) is 59.2 Å². The van der Waals surface area contributed by atoms with E-state index in [-0.39, 0.29) is 19.1 Å². The molecule has 2 aromatic carbocycles. The Morgan fingerprint density at radius 1 is 1.00 bits per heavy atom. The van der Waals surface area contributed by atoms with Crippen molar-refractivity contribution in [1.82, 2.24) is 10.9 Å². The molecule has 2 N–H and O–H groups in total. The quantitative estimate of drug-likeness (QED) is 0.718. The van der Waals surface area contributed by atoms with Crippen molar-refractivity contribution < 1.29 is 19.1 Å². The van der Waals surface area contributed by atoms with Crippen molar-refractivity contribution in [2.75, 3.05) is 13.2 Å². The topological polar surface area (TPSA) is 100 Å². The summed E-state index contributed by atoms with van der Waals surface area (Å²) in [5.74, 6) is 0.363. The lowest BCUT2D eigenvalue weighted by atomic mass is 10.0. The molecule has 0 aromatic heterocycles. The Hall–Kier alpha value is -3.53. The van der Waals surface area contributed by atoms with Crippen molar-refractivity contribution in [3.8, 4) is 17.6 Å². The molecule has 0 unspecified atom stereocenters. The minimum atomic E-state index is -0.517. The van der Waals surface area contributed by atoms with Gasteiger partial charge in [-0.05, 0) is 54.3 Å². The first-order valence-corrected chi connectivity index (χ1v) is 8.83. The van der Waals surface area contributed by atoms with Crippen LogP contribution in [0.4, 0.5) is 0 Å². The number of carbonyl (C=O) groups excluding carboxylic acids is 2. The Kier molecular flexibility index (Phi) is 7.40. The first kappa shape index (κ1) is 20.8. The fourth-order valence-electron chi connectivity index (χ4n) is 2.37. The molecule has 0 aliphatic carbocycles. The van der Waals surface area contributed by atoms with Gasteiger partial charge in [-0.25, -0.2) is 0 Å². The van der Waals surface area contributed by atoms with E-state index in [2.05, 4.69) is 10.9 Å². The Morgan fingerprint density at radius 3 is 2.18 bits per heavy atom. The summed E-state index contributed by atoms with van der Waals surface area (Å²) in [5.41, 5.74) is 7.09. The van der Waals surface area contributed by atoms with E-state index in [1.54, 1.807) is 24.3 Å². The van der Waals surface area contributed by atoms with Crippen LogP contribution in [0.1, 0.15) is 36.5 Å². The van der Waals surface area contributed by atoms with Gasteiger partial charge in [0.15, 0.2) is 13.2 Å². The first-order chi connectivity index (χ1) is 13.4. The molecule has 28 heavy (non-hydrogen) atoms. The SMILES string of the molecule is Cc1ccc(C(C)C)c(OCC(=O)NNC(=O)COc2ccc(C#N)cc2)c1. The lowest BCUT2D eigenvalue weighted by Gasteiger charge is -2.15. The molecule has 0 spiro atoms. The van der Waals surface area contributed by atoms with Crippen molar-refractivity contribution in [1.29, 1.82) is 5.26 Å². The normalized spacial score (nSPS) is 10.1. The molecule has 0 fully saturated rings. The van der Waals surface area contributed by atoms with Gasteiger partial charge in [0.1, 0.15) is 11.5 Å². The number of hydrogen-bond donors (Lipinski definition) is 2. The molecule has 7 nitrogen and oxygen atoms in total. The van der Waals surface area contributed by atoms with Crippen LogP contribution < -0.4 is 20.3 Å². The van der Waals surface area contributed by atoms with Crippen molar-refractivity contribution in [2.24, 2.45) is 0 Å². The number of rotatable bonds is 7. The monoisotopic (exact) mass is 381 g/mol. The molecule has 0 aliphatic rings. The fraction of sp³-hybridized carbons (Fsp3) is 0.286. The predicted octanol–water partition coefficient (Wildman–Crippen LogP) is 2.60. The third-order valence-electron chi connectivity index (χ3n) is 3.84. The highest BCUT2D eigenvalue weighted by Gasteiger charge is 2.11. The van der Waals surface area contributed by atoms with E-state index >= 15 is 0 Å². The minimum absolute atomic E-state index is 0.222. The van der Waals surface area contributed by atoms with Gasteiger partial charge >= 0.3 is 0 Å². The van der Waals surface area contributed by atoms with Crippen LogP contribution >= 0.6 is 0 Å². The van der Waals surface area contributed by atoms with Crippen molar-refractivity contribution in [2.45, 2.75) is 26.7 Å². The molecule has 0 aliphatic heterocycles. The summed E-state index contributed by atoms with van der Waals surface area (Å²) >= 11 is 0. The van der Waals surface area contributed by atoms with Crippen LogP contribution in [-0.4, -0.2) is 25.0 Å². The van der Waals surface area contributed by atoms with E-state index in [1.165, 1.54) is 0 Å². The Labute approximate surface area is 164 Å². The number of carbonyl (C=O) groups is 2. The van der Waals surface area contributed by atoms with Crippen LogP contribution in [0.15, 0.2) is 42.5 Å². The van der Waals surface area contributed by atoms with Crippen LogP contribution in [0.2, 0.25) is 0 Å². The molecule has 0 bridgehead atoms. The van der Waals surface area contributed by atoms with Crippen LogP contribution in [0.5, 0.6) is 11.5 Å². The smallest absolute Gasteiger partial charge is 0.276 e. The van der Waals surface area contributed by atoms with Crippen LogP contribution in [-0.2, 0) is 9.59 Å². The molecule has 146 valence electrons. The van der Waals surface area contributed by atoms with E-state index < -0.39 is 11.8 Å². The molecule has 2 amide bonds. The summed E-state index contributed by atoms with van der Waals surface area (Å²) in [6.45, 7) is 5.55. The summed E-state index contributed by atoms with van der Waals surface area (Å²) in [7, 11) is 0. The summed E-state index contributed by atoms with van der Waals surface area (Å²) in [4.78, 5) is 23.7. The number of nitrogens with one attached hydrogen (secondary N) is 2. The Balaban J connectivity index is 1.75. The van der Waals surface area contributed by atoms with Crippen LogP contribution in [0.25, 0.3) is 0 Å². The third kappa shape index (κ3) is 6.32. The fourth-order valence-corrected chi connectivity index (χ4v) is 2.37. The number of nitriles is 1. The summed E-state index contributed by atoms with van der Waals surface area (Å²) < 4.78 is 10.9. The van der Waals surface area contributed by atoms with Crippen LogP contribution in [0.3, 0.4) is 0 Å². The largest absolute Gasteiger partial charge is 0.484 e. The van der Waals surface area contributed by atoms with Crippen LogP contribution in [0, 0.1) is 18.3 Å². The van der Waals surface area contributed by atoms with Gasteiger partial charge in [0, 0.05) is 0 Å². The second-order valence-electron chi connectivity index (χ2n) is 6.51. The highest BCUT2D eigenvalue weighted by molar-refractivity contribution is 5.83. The van der Waals surface area contributed by atoms with Gasteiger partial charge < -0.3 is 9.47 Å². The van der Waals surface area contributed by atoms with Gasteiger partial charge in [-0.2, -0.15) is 5.26 Å². The number of aryl methyl sites for hydroxylation is 1. The van der Waals surface area contributed by atoms with E-state index in [0.29, 0.717) is 17.1 Å². The minimum Gasteiger partial charge on any atom is -0.484 e. The third-order valence-corrected chi connectivity index (χ3v) is 3.84. The van der Waals surface area contributed by atoms with Gasteiger partial charge in [0.2, 0.25) is 0 Å². The average Bonchev–Trinajstić information content (AvgIpc) is 2.69. The molecule has 0 saturated carbocycles. The number of ether oxygens (including phenoxy) is 2. The molecule has 0 heterocycles. The number of benzene rings is 2. The first-order valence-electron chi connectivity index (χ1n) is 8.83. The zero-order chi connectivity index (χ0) is 20.5. The standard InChI is InChI=1S/C21H23N3O4/c1-14(2)18-9-4-15(3)10-19(18)28-13-21(26)24-23-20(25)12-27-17-7-5-16(11-22)6-8-17/h4-10,14H,12-13H2,1-3H3,(H,23,25)(H,24,26). The maximum absolute atomic E-state index is 11.9. The predicted molar refractivity (Wildman–Crippen MR) is 104 cm³/mol. The number of amides is 2. The maximum atomic E-state index is 11.9. The zero-order valence-electron chi connectivity index (χ0n) is 16.1. The molecule has 2 aromatic rings. The molecule has 7 heteroatoms. The van der Waals surface area contributed by atoms with E-state index in [0.717, 1.165) is 11.1 Å². The van der Waals surface area contributed by atoms with Crippen molar-refractivity contribution in [3.63, 3.8) is 0 Å². The Morgan fingerprint density at radius 2 is 1.61 bits per heavy atom. The molecule has 2 rings (SSSR count). The second kappa shape index (κ2) is 9.97. The lowest BCUT2D eigenvalue weighted by Crippen LogP contribution is -2.45. The van der Waals surface area contributed by atoms with Gasteiger partial charge in [0.05, 0.1) is 11.6 Å². The van der Waals surface area contributed by atoms with Gasteiger partial charge in [0.25, 0.3) is 11.8 Å². The van der Waals surface area contributed by atoms with E-state index in [1.807, 2.05) is 45.0 Å². The summed E-state index contributed by atoms with van der Waals surface area (Å²) in [6, 6.07) is 14.2. The highest BCUT2D eigenvalue weighted by atomic mass is 16.5. The molecule has 0 atom stereocenters. The average molecular weight is 381 g/mol. The van der Waals surface area contributed by atoms with Crippen molar-refractivity contribution >= 4 is 11.8 Å². The maximum Gasteiger partial charge on any atom is 0.276 e. The second-order valence-corrected chi connectivity index (χ2v) is 6.51. The number of nitrogens with zero attached hydrogens (tertiary/aromatic N) is 1. The molecular weight excluding hydrogens is 358 g/mol. The van der Waals surface area contributed by atoms with Gasteiger partial charge in [-0.3, -0.25) is 20.4 Å². The lowest BCUT2D eigenvalue weighted by molar-refractivity contribution is -0.131. The molecule has 0 saturated heterocycles. The zero-order valence-corrected chi connectivity index (χ0v) is 16.1. The number of hydrazine groups is 1. The van der Waals surface area contributed by atoms with E-state index in [9.17, 15) is 9.59 Å². The van der Waals surface area contributed by atoms with Gasteiger partial charge in [-0.15, -0.1) is 0 Å². The molecular formula is C21H23N3O4. The summed E-state index contributed by atoms with van der Waals surface area (Å²) in [6.07, 6.45) is 0.